The van der Waals surface area contributed by atoms with Gasteiger partial charge in [-0.1, -0.05) is 17.7 Å². The molecular formula is C31H36N4O8S. The Morgan fingerprint density at radius 2 is 1.73 bits per heavy atom. The first-order valence-corrected chi connectivity index (χ1v) is 15.4. The van der Waals surface area contributed by atoms with Gasteiger partial charge in [0, 0.05) is 19.2 Å². The van der Waals surface area contributed by atoms with Crippen molar-refractivity contribution in [1.82, 2.24) is 10.7 Å². The van der Waals surface area contributed by atoms with Crippen LogP contribution in [0.4, 0.5) is 5.69 Å². The SMILES string of the molecule is COc1ccc(S(=O)(=O)N(CC(=O)N/N=C\c2ccc(OCC(=O)NC[C@H]3CCCO3)cc2)c2ccc(C)cc2)cc1OC. The molecule has 12 nitrogen and oxygen atoms in total. The van der Waals surface area contributed by atoms with Gasteiger partial charge in [-0.15, -0.1) is 0 Å². The van der Waals surface area contributed by atoms with E-state index in [4.69, 9.17) is 18.9 Å². The third-order valence-corrected chi connectivity index (χ3v) is 8.53. The second-order valence-corrected chi connectivity index (χ2v) is 11.8. The maximum Gasteiger partial charge on any atom is 0.264 e. The zero-order valence-corrected chi connectivity index (χ0v) is 25.6. The van der Waals surface area contributed by atoms with Crippen LogP contribution < -0.4 is 29.3 Å². The average Bonchev–Trinajstić information content (AvgIpc) is 3.56. The first-order chi connectivity index (χ1) is 21.2. The molecule has 1 aliphatic rings. The fourth-order valence-corrected chi connectivity index (χ4v) is 5.79. The monoisotopic (exact) mass is 624 g/mol. The van der Waals surface area contributed by atoms with Crippen LogP contribution in [0, 0.1) is 6.92 Å². The molecule has 0 spiro atoms. The molecule has 2 N–H and O–H groups in total. The van der Waals surface area contributed by atoms with Crippen molar-refractivity contribution in [1.29, 1.82) is 0 Å². The summed E-state index contributed by atoms with van der Waals surface area (Å²) in [5.41, 5.74) is 4.27. The summed E-state index contributed by atoms with van der Waals surface area (Å²) in [5.74, 6) is 0.213. The third kappa shape index (κ3) is 8.71. The number of nitrogens with one attached hydrogen (secondary N) is 2. The predicted molar refractivity (Wildman–Crippen MR) is 165 cm³/mol. The van der Waals surface area contributed by atoms with Gasteiger partial charge < -0.3 is 24.3 Å². The molecular weight excluding hydrogens is 588 g/mol. The van der Waals surface area contributed by atoms with Crippen LogP contribution in [0.3, 0.4) is 0 Å². The number of nitrogens with zero attached hydrogens (tertiary/aromatic N) is 2. The summed E-state index contributed by atoms with van der Waals surface area (Å²) in [7, 11) is -1.33. The van der Waals surface area contributed by atoms with Gasteiger partial charge in [0.25, 0.3) is 21.8 Å². The predicted octanol–water partition coefficient (Wildman–Crippen LogP) is 3.03. The Bertz CT molecular complexity index is 1550. The van der Waals surface area contributed by atoms with E-state index in [1.165, 1.54) is 38.6 Å². The molecule has 0 aromatic heterocycles. The van der Waals surface area contributed by atoms with E-state index in [-0.39, 0.29) is 29.3 Å². The van der Waals surface area contributed by atoms with E-state index in [1.807, 2.05) is 6.92 Å². The summed E-state index contributed by atoms with van der Waals surface area (Å²) >= 11 is 0. The van der Waals surface area contributed by atoms with Gasteiger partial charge in [-0.05, 0) is 73.9 Å². The lowest BCUT2D eigenvalue weighted by Gasteiger charge is -2.24. The Labute approximate surface area is 257 Å². The van der Waals surface area contributed by atoms with Gasteiger partial charge in [0.2, 0.25) is 0 Å². The molecule has 1 fully saturated rings. The number of amides is 2. The molecule has 1 atom stereocenters. The highest BCUT2D eigenvalue weighted by Gasteiger charge is 2.28. The summed E-state index contributed by atoms with van der Waals surface area (Å²) < 4.78 is 49.9. The number of sulfonamides is 1. The number of carbonyl (C=O) groups excluding carboxylic acids is 2. The smallest absolute Gasteiger partial charge is 0.264 e. The number of carbonyl (C=O) groups is 2. The highest BCUT2D eigenvalue weighted by molar-refractivity contribution is 7.92. The Morgan fingerprint density at radius 3 is 2.39 bits per heavy atom. The van der Waals surface area contributed by atoms with Crippen LogP contribution in [0.2, 0.25) is 0 Å². The number of anilines is 1. The van der Waals surface area contributed by atoms with Gasteiger partial charge >= 0.3 is 0 Å². The molecule has 234 valence electrons. The highest BCUT2D eigenvalue weighted by atomic mass is 32.2. The lowest BCUT2D eigenvalue weighted by molar-refractivity contribution is -0.123. The van der Waals surface area contributed by atoms with Crippen molar-refractivity contribution in [2.24, 2.45) is 5.10 Å². The molecule has 44 heavy (non-hydrogen) atoms. The Kier molecular flexibility index (Phi) is 11.2. The quantitative estimate of drug-likeness (QED) is 0.206. The molecule has 4 rings (SSSR count). The molecule has 1 saturated heterocycles. The highest BCUT2D eigenvalue weighted by Crippen LogP contribution is 2.32. The van der Waals surface area contributed by atoms with E-state index in [1.54, 1.807) is 48.5 Å². The summed E-state index contributed by atoms with van der Waals surface area (Å²) in [4.78, 5) is 24.8. The first kappa shape index (κ1) is 32.3. The Hall–Kier alpha value is -4.62. The Morgan fingerprint density at radius 1 is 1.00 bits per heavy atom. The van der Waals surface area contributed by atoms with Gasteiger partial charge in [0.05, 0.1) is 37.1 Å². The molecule has 2 amide bonds. The van der Waals surface area contributed by atoms with Gasteiger partial charge in [-0.2, -0.15) is 5.10 Å². The minimum atomic E-state index is -4.18. The molecule has 0 saturated carbocycles. The minimum absolute atomic E-state index is 0.0608. The van der Waals surface area contributed by atoms with Crippen molar-refractivity contribution in [2.45, 2.75) is 30.8 Å². The van der Waals surface area contributed by atoms with Crippen LogP contribution in [-0.4, -0.2) is 73.1 Å². The second-order valence-electron chi connectivity index (χ2n) is 9.95. The number of hydrazone groups is 1. The number of methoxy groups -OCH3 is 2. The molecule has 3 aromatic carbocycles. The largest absolute Gasteiger partial charge is 0.493 e. The van der Waals surface area contributed by atoms with E-state index in [9.17, 15) is 18.0 Å². The number of hydrogen-bond donors (Lipinski definition) is 2. The summed E-state index contributed by atoms with van der Waals surface area (Å²) in [6, 6.07) is 17.7. The van der Waals surface area contributed by atoms with Gasteiger partial charge in [-0.25, -0.2) is 13.8 Å². The fraction of sp³-hybridized carbons (Fsp3) is 0.323. The second kappa shape index (κ2) is 15.2. The van der Waals surface area contributed by atoms with E-state index < -0.39 is 22.5 Å². The molecule has 1 aliphatic heterocycles. The van der Waals surface area contributed by atoms with Crippen molar-refractivity contribution >= 4 is 33.7 Å². The van der Waals surface area contributed by atoms with Crippen molar-refractivity contribution in [3.05, 3.63) is 77.9 Å². The van der Waals surface area contributed by atoms with Gasteiger partial charge in [-0.3, -0.25) is 13.9 Å². The number of hydrogen-bond acceptors (Lipinski definition) is 9. The van der Waals surface area contributed by atoms with Crippen molar-refractivity contribution in [3.63, 3.8) is 0 Å². The van der Waals surface area contributed by atoms with Crippen LogP contribution in [-0.2, 0) is 24.3 Å². The fourth-order valence-electron chi connectivity index (χ4n) is 4.36. The van der Waals surface area contributed by atoms with Crippen molar-refractivity contribution in [2.75, 3.05) is 44.8 Å². The molecule has 0 unspecified atom stereocenters. The standard InChI is InChI=1S/C31H36N4O8S/c1-22-6-10-24(11-7-22)35(44(38,39)27-14-15-28(40-2)29(17-27)41-3)20-30(36)34-33-18-23-8-12-25(13-9-23)43-21-31(37)32-19-26-5-4-16-42-26/h6-15,17-18,26H,4-5,16,19-21H2,1-3H3,(H,32,37)(H,34,36)/b33-18-/t26-/m1/s1. The van der Waals surface area contributed by atoms with Gasteiger partial charge in [0.1, 0.15) is 12.3 Å². The van der Waals surface area contributed by atoms with Crippen LogP contribution in [0.5, 0.6) is 17.2 Å². The first-order valence-electron chi connectivity index (χ1n) is 13.9. The number of aryl methyl sites for hydroxylation is 1. The topological polar surface area (TPSA) is 145 Å². The lowest BCUT2D eigenvalue weighted by atomic mass is 10.2. The van der Waals surface area contributed by atoms with Crippen LogP contribution in [0.15, 0.2) is 76.7 Å². The van der Waals surface area contributed by atoms with Crippen LogP contribution >= 0.6 is 0 Å². The van der Waals surface area contributed by atoms with Gasteiger partial charge in [0.15, 0.2) is 18.1 Å². The van der Waals surface area contributed by atoms with E-state index >= 15 is 0 Å². The van der Waals surface area contributed by atoms with E-state index in [2.05, 4.69) is 15.8 Å². The number of ether oxygens (including phenoxy) is 4. The van der Waals surface area contributed by atoms with Crippen LogP contribution in [0.1, 0.15) is 24.0 Å². The van der Waals surface area contributed by atoms with Crippen molar-refractivity contribution < 1.29 is 37.0 Å². The lowest BCUT2D eigenvalue weighted by Crippen LogP contribution is -2.39. The van der Waals surface area contributed by atoms with Crippen molar-refractivity contribution in [3.8, 4) is 17.2 Å². The average molecular weight is 625 g/mol. The molecule has 13 heteroatoms. The van der Waals surface area contributed by atoms with E-state index in [0.717, 1.165) is 29.3 Å². The third-order valence-electron chi connectivity index (χ3n) is 6.76. The van der Waals surface area contributed by atoms with E-state index in [0.29, 0.717) is 29.3 Å². The molecule has 3 aromatic rings. The molecule has 0 bridgehead atoms. The summed E-state index contributed by atoms with van der Waals surface area (Å²) in [5, 5.41) is 6.77. The summed E-state index contributed by atoms with van der Waals surface area (Å²) in [6.07, 6.45) is 3.42. The maximum atomic E-state index is 13.7. The molecule has 1 heterocycles. The Balaban J connectivity index is 1.36. The number of rotatable bonds is 14. The summed E-state index contributed by atoms with van der Waals surface area (Å²) in [6.45, 7) is 2.42. The van der Waals surface area contributed by atoms with Crippen LogP contribution in [0.25, 0.3) is 0 Å². The minimum Gasteiger partial charge on any atom is -0.493 e. The zero-order valence-electron chi connectivity index (χ0n) is 24.8. The number of benzene rings is 3. The normalized spacial score (nSPS) is 14.7. The molecule has 0 radical (unpaired) electrons. The maximum absolute atomic E-state index is 13.7. The molecule has 0 aliphatic carbocycles. The zero-order chi connectivity index (χ0) is 31.5.